The third-order valence-corrected chi connectivity index (χ3v) is 5.14. The summed E-state index contributed by atoms with van der Waals surface area (Å²) >= 11 is 0. The van der Waals surface area contributed by atoms with Crippen molar-refractivity contribution in [3.05, 3.63) is 39.9 Å². The maximum atomic E-state index is 12.1. The highest BCUT2D eigenvalue weighted by Crippen LogP contribution is 2.20. The van der Waals surface area contributed by atoms with Gasteiger partial charge in [0, 0.05) is 35.1 Å². The molecule has 1 saturated heterocycles. The summed E-state index contributed by atoms with van der Waals surface area (Å²) < 4.78 is 17.5. The standard InChI is InChI=1S/C13H15NO5S/c1-9-13(5-6-19-9)20(18)8-12(15)10-3-2-4-11(7-10)14(16)17/h2-4,7,9,13H,5-6,8H2,1H3. The predicted molar refractivity (Wildman–Crippen MR) is 74.3 cm³/mol. The molecule has 0 aromatic heterocycles. The number of non-ortho nitro benzene ring substituents is 1. The Morgan fingerprint density at radius 1 is 1.55 bits per heavy atom. The molecule has 1 aromatic rings. The van der Waals surface area contributed by atoms with E-state index in [9.17, 15) is 19.1 Å². The molecule has 3 atom stereocenters. The minimum absolute atomic E-state index is 0.117. The Kier molecular flexibility index (Phi) is 4.61. The molecule has 6 nitrogen and oxygen atoms in total. The Morgan fingerprint density at radius 3 is 2.90 bits per heavy atom. The molecule has 1 aliphatic heterocycles. The van der Waals surface area contributed by atoms with E-state index in [1.807, 2.05) is 6.92 Å². The predicted octanol–water partition coefficient (Wildman–Crippen LogP) is 1.70. The molecule has 0 radical (unpaired) electrons. The zero-order chi connectivity index (χ0) is 14.7. The van der Waals surface area contributed by atoms with Gasteiger partial charge in [0.1, 0.15) is 0 Å². The van der Waals surface area contributed by atoms with Crippen molar-refractivity contribution in [1.82, 2.24) is 0 Å². The average Bonchev–Trinajstić information content (AvgIpc) is 2.85. The Balaban J connectivity index is 2.06. The number of hydrogen-bond acceptors (Lipinski definition) is 5. The lowest BCUT2D eigenvalue weighted by Crippen LogP contribution is -2.27. The lowest BCUT2D eigenvalue weighted by molar-refractivity contribution is -0.384. The van der Waals surface area contributed by atoms with E-state index in [4.69, 9.17) is 4.74 Å². The van der Waals surface area contributed by atoms with Gasteiger partial charge >= 0.3 is 0 Å². The van der Waals surface area contributed by atoms with Crippen LogP contribution in [0.2, 0.25) is 0 Å². The molecule has 108 valence electrons. The van der Waals surface area contributed by atoms with E-state index in [0.29, 0.717) is 13.0 Å². The third-order valence-electron chi connectivity index (χ3n) is 3.30. The lowest BCUT2D eigenvalue weighted by atomic mass is 10.1. The van der Waals surface area contributed by atoms with Gasteiger partial charge < -0.3 is 4.74 Å². The van der Waals surface area contributed by atoms with E-state index in [1.165, 1.54) is 24.3 Å². The van der Waals surface area contributed by atoms with Gasteiger partial charge in [0.15, 0.2) is 5.78 Å². The SMILES string of the molecule is CC1OCCC1S(=O)CC(=O)c1cccc([N+](=O)[O-])c1. The van der Waals surface area contributed by atoms with Crippen molar-refractivity contribution in [1.29, 1.82) is 0 Å². The highest BCUT2D eigenvalue weighted by molar-refractivity contribution is 7.86. The highest BCUT2D eigenvalue weighted by atomic mass is 32.2. The summed E-state index contributed by atoms with van der Waals surface area (Å²) in [5.41, 5.74) is 0.0818. The van der Waals surface area contributed by atoms with E-state index in [2.05, 4.69) is 0 Å². The molecule has 0 spiro atoms. The maximum absolute atomic E-state index is 12.1. The Bertz CT molecular complexity index is 559. The van der Waals surface area contributed by atoms with Crippen molar-refractivity contribution in [3.63, 3.8) is 0 Å². The van der Waals surface area contributed by atoms with Gasteiger partial charge in [0.2, 0.25) is 0 Å². The summed E-state index contributed by atoms with van der Waals surface area (Å²) in [7, 11) is -1.32. The zero-order valence-electron chi connectivity index (χ0n) is 11.0. The molecule has 3 unspecified atom stereocenters. The Morgan fingerprint density at radius 2 is 2.30 bits per heavy atom. The van der Waals surface area contributed by atoms with Crippen LogP contribution < -0.4 is 0 Å². The molecule has 2 rings (SSSR count). The van der Waals surface area contributed by atoms with Crippen LogP contribution in [0.5, 0.6) is 0 Å². The van der Waals surface area contributed by atoms with Crippen molar-refractivity contribution >= 4 is 22.3 Å². The van der Waals surface area contributed by atoms with Crippen LogP contribution in [0.25, 0.3) is 0 Å². The summed E-state index contributed by atoms with van der Waals surface area (Å²) in [6.45, 7) is 2.40. The van der Waals surface area contributed by atoms with E-state index in [1.54, 1.807) is 0 Å². The summed E-state index contributed by atoms with van der Waals surface area (Å²) in [5.74, 6) is -0.467. The van der Waals surface area contributed by atoms with E-state index in [0.717, 1.165) is 0 Å². The maximum Gasteiger partial charge on any atom is 0.270 e. The second kappa shape index (κ2) is 6.23. The van der Waals surface area contributed by atoms with Crippen LogP contribution in [-0.4, -0.2) is 38.6 Å². The van der Waals surface area contributed by atoms with Crippen LogP contribution in [0.1, 0.15) is 23.7 Å². The first-order valence-corrected chi connectivity index (χ1v) is 7.63. The van der Waals surface area contributed by atoms with Gasteiger partial charge in [-0.2, -0.15) is 0 Å². The number of hydrogen-bond donors (Lipinski definition) is 0. The molecule has 0 saturated carbocycles. The summed E-state index contributed by atoms with van der Waals surface area (Å²) in [5, 5.41) is 10.5. The second-order valence-electron chi connectivity index (χ2n) is 4.66. The number of Topliss-reactive ketones (excluding diaryl/α,β-unsaturated/α-hetero) is 1. The van der Waals surface area contributed by atoms with E-state index >= 15 is 0 Å². The molecular formula is C13H15NO5S. The van der Waals surface area contributed by atoms with Gasteiger partial charge in [-0.05, 0) is 13.3 Å². The molecule has 1 heterocycles. The fraction of sp³-hybridized carbons (Fsp3) is 0.462. The lowest BCUT2D eigenvalue weighted by Gasteiger charge is -2.12. The van der Waals surface area contributed by atoms with Crippen LogP contribution in [-0.2, 0) is 15.5 Å². The second-order valence-corrected chi connectivity index (χ2v) is 6.31. The molecule has 1 aliphatic rings. The van der Waals surface area contributed by atoms with Crippen LogP contribution in [0, 0.1) is 10.1 Å². The Labute approximate surface area is 118 Å². The fourth-order valence-electron chi connectivity index (χ4n) is 2.17. The van der Waals surface area contributed by atoms with E-state index < -0.39 is 15.7 Å². The molecule has 1 aromatic carbocycles. The molecule has 1 fully saturated rings. The normalized spacial score (nSPS) is 23.4. The zero-order valence-corrected chi connectivity index (χ0v) is 11.8. The summed E-state index contributed by atoms with van der Waals surface area (Å²) in [4.78, 5) is 22.1. The van der Waals surface area contributed by atoms with Crippen LogP contribution in [0.3, 0.4) is 0 Å². The van der Waals surface area contributed by atoms with Gasteiger partial charge in [0.25, 0.3) is 5.69 Å². The van der Waals surface area contributed by atoms with Gasteiger partial charge in [0.05, 0.1) is 22.0 Å². The number of carbonyl (C=O) groups excluding carboxylic acids is 1. The van der Waals surface area contributed by atoms with Crippen molar-refractivity contribution in [2.45, 2.75) is 24.7 Å². The Hall–Kier alpha value is -1.60. The largest absolute Gasteiger partial charge is 0.377 e. The molecule has 20 heavy (non-hydrogen) atoms. The topological polar surface area (TPSA) is 86.5 Å². The minimum Gasteiger partial charge on any atom is -0.377 e. The monoisotopic (exact) mass is 297 g/mol. The molecule has 0 amide bonds. The molecule has 0 bridgehead atoms. The smallest absolute Gasteiger partial charge is 0.270 e. The molecule has 7 heteroatoms. The number of benzene rings is 1. The molecular weight excluding hydrogens is 282 g/mol. The van der Waals surface area contributed by atoms with Gasteiger partial charge in [-0.25, -0.2) is 0 Å². The summed E-state index contributed by atoms with van der Waals surface area (Å²) in [6.07, 6.45) is 0.560. The van der Waals surface area contributed by atoms with Crippen LogP contribution in [0.15, 0.2) is 24.3 Å². The van der Waals surface area contributed by atoms with Crippen LogP contribution >= 0.6 is 0 Å². The molecule has 0 N–H and O–H groups in total. The number of nitro groups is 1. The number of ether oxygens (including phenoxy) is 1. The average molecular weight is 297 g/mol. The van der Waals surface area contributed by atoms with Gasteiger partial charge in [-0.1, -0.05) is 12.1 Å². The first-order chi connectivity index (χ1) is 9.49. The number of carbonyl (C=O) groups is 1. The summed E-state index contributed by atoms with van der Waals surface area (Å²) in [6, 6.07) is 5.49. The number of nitro benzene ring substituents is 1. The van der Waals surface area contributed by atoms with Crippen molar-refractivity contribution in [2.24, 2.45) is 0 Å². The van der Waals surface area contributed by atoms with Crippen molar-refractivity contribution in [2.75, 3.05) is 12.4 Å². The minimum atomic E-state index is -1.32. The van der Waals surface area contributed by atoms with Gasteiger partial charge in [-0.15, -0.1) is 0 Å². The highest BCUT2D eigenvalue weighted by Gasteiger charge is 2.30. The van der Waals surface area contributed by atoms with Crippen molar-refractivity contribution in [3.8, 4) is 0 Å². The fourth-order valence-corrected chi connectivity index (χ4v) is 3.67. The first kappa shape index (κ1) is 14.8. The number of rotatable bonds is 5. The van der Waals surface area contributed by atoms with Crippen LogP contribution in [0.4, 0.5) is 5.69 Å². The quantitative estimate of drug-likeness (QED) is 0.469. The number of nitrogens with zero attached hydrogens (tertiary/aromatic N) is 1. The van der Waals surface area contributed by atoms with Gasteiger partial charge in [-0.3, -0.25) is 19.1 Å². The molecule has 0 aliphatic carbocycles. The first-order valence-electron chi connectivity index (χ1n) is 6.25. The third kappa shape index (κ3) is 3.29. The van der Waals surface area contributed by atoms with Crippen molar-refractivity contribution < 1.29 is 18.7 Å². The van der Waals surface area contributed by atoms with E-state index in [-0.39, 0.29) is 34.1 Å². The number of ketones is 1.